The van der Waals surface area contributed by atoms with Crippen molar-refractivity contribution < 1.29 is 4.74 Å². The van der Waals surface area contributed by atoms with E-state index in [1.165, 1.54) is 16.9 Å². The number of nitrogens with zero attached hydrogens (tertiary/aromatic N) is 3. The van der Waals surface area contributed by atoms with Gasteiger partial charge in [-0.25, -0.2) is 9.97 Å². The van der Waals surface area contributed by atoms with Crippen molar-refractivity contribution in [3.05, 3.63) is 48.3 Å². The van der Waals surface area contributed by atoms with Crippen LogP contribution in [0.15, 0.2) is 42.7 Å². The fraction of sp³-hybridized carbons (Fsp3) is 0.125. The molecule has 110 valence electrons. The minimum absolute atomic E-state index is 0.604. The Labute approximate surface area is 131 Å². The summed E-state index contributed by atoms with van der Waals surface area (Å²) in [4.78, 5) is 8.73. The quantitative estimate of drug-likeness (QED) is 0.630. The van der Waals surface area contributed by atoms with Gasteiger partial charge in [-0.15, -0.1) is 0 Å². The number of imidazole rings is 1. The number of benzene rings is 2. The lowest BCUT2D eigenvalue weighted by molar-refractivity contribution is 0.415. The number of nitrogen functional groups attached to an aromatic ring is 1. The molecule has 0 fully saturated rings. The summed E-state index contributed by atoms with van der Waals surface area (Å²) in [6.07, 6.45) is 1.86. The van der Waals surface area contributed by atoms with Crippen molar-refractivity contribution in [1.29, 1.82) is 0 Å². The maximum atomic E-state index is 5.76. The molecule has 6 heteroatoms. The number of nitrogens with two attached hydrogens (primary N) is 1. The van der Waals surface area contributed by atoms with Gasteiger partial charge in [-0.05, 0) is 29.8 Å². The van der Waals surface area contributed by atoms with Crippen molar-refractivity contribution in [3.63, 3.8) is 0 Å². The highest BCUT2D eigenvalue weighted by atomic mass is 32.1. The van der Waals surface area contributed by atoms with Gasteiger partial charge in [-0.2, -0.15) is 0 Å². The first-order chi connectivity index (χ1) is 10.7. The topological polar surface area (TPSA) is 66.0 Å². The van der Waals surface area contributed by atoms with E-state index in [1.807, 2.05) is 30.6 Å². The van der Waals surface area contributed by atoms with Crippen LogP contribution in [0.5, 0.6) is 5.75 Å². The largest absolute Gasteiger partial charge is 0.497 e. The van der Waals surface area contributed by atoms with Gasteiger partial charge in [0, 0.05) is 12.6 Å². The van der Waals surface area contributed by atoms with Crippen molar-refractivity contribution in [2.24, 2.45) is 0 Å². The van der Waals surface area contributed by atoms with E-state index in [0.717, 1.165) is 33.5 Å². The highest BCUT2D eigenvalue weighted by Gasteiger charge is 2.07. The van der Waals surface area contributed by atoms with Crippen LogP contribution in [0.4, 0.5) is 5.13 Å². The average molecular weight is 310 g/mol. The lowest BCUT2D eigenvalue weighted by atomic mass is 10.2. The first-order valence-corrected chi connectivity index (χ1v) is 7.68. The van der Waals surface area contributed by atoms with Crippen LogP contribution in [-0.2, 0) is 6.54 Å². The molecule has 0 radical (unpaired) electrons. The van der Waals surface area contributed by atoms with Crippen molar-refractivity contribution in [2.75, 3.05) is 12.8 Å². The van der Waals surface area contributed by atoms with E-state index in [-0.39, 0.29) is 0 Å². The SMILES string of the molecule is COc1ccc2c(c1)ncn2Cc1ccc2nc(N)sc2c1. The number of fused-ring (bicyclic) bond motifs is 2. The summed E-state index contributed by atoms with van der Waals surface area (Å²) in [6, 6.07) is 12.2. The first-order valence-electron chi connectivity index (χ1n) is 6.87. The first kappa shape index (κ1) is 13.1. The van der Waals surface area contributed by atoms with Gasteiger partial charge in [0.15, 0.2) is 5.13 Å². The molecule has 4 aromatic rings. The van der Waals surface area contributed by atoms with Crippen LogP contribution < -0.4 is 10.5 Å². The number of ether oxygens (including phenoxy) is 1. The molecule has 0 saturated heterocycles. The summed E-state index contributed by atoms with van der Waals surface area (Å²) >= 11 is 1.51. The number of methoxy groups -OCH3 is 1. The lowest BCUT2D eigenvalue weighted by Gasteiger charge is -2.05. The molecule has 2 heterocycles. The molecule has 0 spiro atoms. The zero-order valence-corrected chi connectivity index (χ0v) is 12.8. The smallest absolute Gasteiger partial charge is 0.181 e. The van der Waals surface area contributed by atoms with E-state index in [4.69, 9.17) is 10.5 Å². The molecule has 0 aliphatic rings. The molecule has 0 unspecified atom stereocenters. The number of hydrogen-bond donors (Lipinski definition) is 1. The van der Waals surface area contributed by atoms with Gasteiger partial charge in [-0.1, -0.05) is 17.4 Å². The molecule has 0 aliphatic heterocycles. The van der Waals surface area contributed by atoms with Crippen LogP contribution in [0.3, 0.4) is 0 Å². The Hall–Kier alpha value is -2.60. The molecule has 22 heavy (non-hydrogen) atoms. The summed E-state index contributed by atoms with van der Waals surface area (Å²) in [7, 11) is 1.66. The van der Waals surface area contributed by atoms with Crippen molar-refractivity contribution in [3.8, 4) is 5.75 Å². The van der Waals surface area contributed by atoms with Crippen molar-refractivity contribution in [2.45, 2.75) is 6.54 Å². The maximum Gasteiger partial charge on any atom is 0.181 e. The van der Waals surface area contributed by atoms with Gasteiger partial charge in [0.1, 0.15) is 5.75 Å². The monoisotopic (exact) mass is 310 g/mol. The molecule has 0 bridgehead atoms. The van der Waals surface area contributed by atoms with Crippen LogP contribution in [0.1, 0.15) is 5.56 Å². The predicted octanol–water partition coefficient (Wildman–Crippen LogP) is 3.29. The molecule has 0 saturated carbocycles. The zero-order valence-electron chi connectivity index (χ0n) is 12.0. The van der Waals surface area contributed by atoms with Crippen molar-refractivity contribution in [1.82, 2.24) is 14.5 Å². The Balaban J connectivity index is 1.72. The van der Waals surface area contributed by atoms with Gasteiger partial charge in [0.2, 0.25) is 0 Å². The third-order valence-corrected chi connectivity index (χ3v) is 4.50. The van der Waals surface area contributed by atoms with E-state index in [1.54, 1.807) is 7.11 Å². The summed E-state index contributed by atoms with van der Waals surface area (Å²) in [5.41, 5.74) is 9.93. The molecule has 2 aromatic carbocycles. The Morgan fingerprint density at radius 1 is 1.18 bits per heavy atom. The van der Waals surface area contributed by atoms with Gasteiger partial charge in [-0.3, -0.25) is 0 Å². The van der Waals surface area contributed by atoms with Gasteiger partial charge in [0.05, 0.1) is 34.7 Å². The van der Waals surface area contributed by atoms with Crippen LogP contribution in [0.25, 0.3) is 21.3 Å². The number of rotatable bonds is 3. The Kier molecular flexibility index (Phi) is 2.97. The minimum atomic E-state index is 0.604. The van der Waals surface area contributed by atoms with Gasteiger partial charge >= 0.3 is 0 Å². The number of hydrogen-bond acceptors (Lipinski definition) is 5. The number of thiazole rings is 1. The fourth-order valence-electron chi connectivity index (χ4n) is 2.58. The van der Waals surface area contributed by atoms with Crippen molar-refractivity contribution >= 4 is 37.7 Å². The Morgan fingerprint density at radius 2 is 2.09 bits per heavy atom. The second kappa shape index (κ2) is 4.99. The molecule has 5 nitrogen and oxygen atoms in total. The maximum absolute atomic E-state index is 5.76. The van der Waals surface area contributed by atoms with Gasteiger partial charge in [0.25, 0.3) is 0 Å². The second-order valence-electron chi connectivity index (χ2n) is 5.08. The van der Waals surface area contributed by atoms with E-state index < -0.39 is 0 Å². The van der Waals surface area contributed by atoms with Crippen LogP contribution >= 0.6 is 11.3 Å². The van der Waals surface area contributed by atoms with E-state index in [2.05, 4.69) is 26.7 Å². The van der Waals surface area contributed by atoms with E-state index in [9.17, 15) is 0 Å². The summed E-state index contributed by atoms with van der Waals surface area (Å²) in [6.45, 7) is 0.760. The van der Waals surface area contributed by atoms with Crippen LogP contribution in [0.2, 0.25) is 0 Å². The number of aromatic nitrogens is 3. The molecule has 0 atom stereocenters. The summed E-state index contributed by atoms with van der Waals surface area (Å²) in [5, 5.41) is 0.604. The van der Waals surface area contributed by atoms with Crippen LogP contribution in [-0.4, -0.2) is 21.6 Å². The zero-order chi connectivity index (χ0) is 15.1. The lowest BCUT2D eigenvalue weighted by Crippen LogP contribution is -1.97. The van der Waals surface area contributed by atoms with Gasteiger partial charge < -0.3 is 15.0 Å². The number of anilines is 1. The Morgan fingerprint density at radius 3 is 2.95 bits per heavy atom. The summed E-state index contributed by atoms with van der Waals surface area (Å²) in [5.74, 6) is 0.819. The minimum Gasteiger partial charge on any atom is -0.497 e. The molecule has 2 N–H and O–H groups in total. The molecular weight excluding hydrogens is 296 g/mol. The third-order valence-electron chi connectivity index (χ3n) is 3.65. The Bertz CT molecular complexity index is 973. The van der Waals surface area contributed by atoms with Crippen LogP contribution in [0, 0.1) is 0 Å². The predicted molar refractivity (Wildman–Crippen MR) is 89.4 cm³/mol. The highest BCUT2D eigenvalue weighted by Crippen LogP contribution is 2.26. The standard InChI is InChI=1S/C16H14N4OS/c1-21-11-3-5-14-13(7-11)18-9-20(14)8-10-2-4-12-15(6-10)22-16(17)19-12/h2-7,9H,8H2,1H3,(H2,17,19). The third kappa shape index (κ3) is 2.17. The summed E-state index contributed by atoms with van der Waals surface area (Å²) < 4.78 is 8.47. The molecule has 0 aliphatic carbocycles. The normalized spacial score (nSPS) is 11.3. The second-order valence-corrected chi connectivity index (χ2v) is 6.14. The fourth-order valence-corrected chi connectivity index (χ4v) is 3.38. The molecule has 4 rings (SSSR count). The molecule has 0 amide bonds. The van der Waals surface area contributed by atoms with E-state index in [0.29, 0.717) is 5.13 Å². The highest BCUT2D eigenvalue weighted by molar-refractivity contribution is 7.22. The van der Waals surface area contributed by atoms with E-state index >= 15 is 0 Å². The molecular formula is C16H14N4OS. The average Bonchev–Trinajstić information content (AvgIpc) is 3.09. The molecule has 2 aromatic heterocycles.